The standard InChI is InChI=1S/C9H19NOS/c1-3-4-6-9(11)10-7-5-8-12-2/h3-8H2,1-2H3,(H,10,11). The third kappa shape index (κ3) is 7.92. The van der Waals surface area contributed by atoms with E-state index in [1.54, 1.807) is 0 Å². The summed E-state index contributed by atoms with van der Waals surface area (Å²) in [5.74, 6) is 1.34. The number of rotatable bonds is 7. The zero-order valence-corrected chi connectivity index (χ0v) is 8.88. The largest absolute Gasteiger partial charge is 0.356 e. The minimum atomic E-state index is 0.206. The van der Waals surface area contributed by atoms with E-state index in [4.69, 9.17) is 0 Å². The molecule has 0 aromatic rings. The van der Waals surface area contributed by atoms with E-state index in [2.05, 4.69) is 18.5 Å². The highest BCUT2D eigenvalue weighted by molar-refractivity contribution is 7.98. The Hall–Kier alpha value is -0.180. The molecule has 0 heterocycles. The third-order valence-electron chi connectivity index (χ3n) is 1.60. The molecule has 3 heteroatoms. The molecule has 1 N–H and O–H groups in total. The lowest BCUT2D eigenvalue weighted by atomic mass is 10.2. The predicted octanol–water partition coefficient (Wildman–Crippen LogP) is 2.05. The summed E-state index contributed by atoms with van der Waals surface area (Å²) in [6.45, 7) is 2.93. The summed E-state index contributed by atoms with van der Waals surface area (Å²) < 4.78 is 0. The van der Waals surface area contributed by atoms with Crippen LogP contribution in [0.5, 0.6) is 0 Å². The quantitative estimate of drug-likeness (QED) is 0.621. The smallest absolute Gasteiger partial charge is 0.219 e. The molecule has 0 bridgehead atoms. The summed E-state index contributed by atoms with van der Waals surface area (Å²) in [6, 6.07) is 0. The summed E-state index contributed by atoms with van der Waals surface area (Å²) in [4.78, 5) is 11.0. The van der Waals surface area contributed by atoms with Crippen molar-refractivity contribution in [3.63, 3.8) is 0 Å². The van der Waals surface area contributed by atoms with Gasteiger partial charge in [-0.25, -0.2) is 0 Å². The Balaban J connectivity index is 3.08. The molecule has 0 aromatic carbocycles. The topological polar surface area (TPSA) is 29.1 Å². The molecule has 0 aliphatic carbocycles. The van der Waals surface area contributed by atoms with Gasteiger partial charge < -0.3 is 5.32 Å². The molecule has 0 aliphatic heterocycles. The number of carbonyl (C=O) groups is 1. The van der Waals surface area contributed by atoms with Crippen molar-refractivity contribution in [2.45, 2.75) is 32.6 Å². The fourth-order valence-electron chi connectivity index (χ4n) is 0.870. The molecule has 0 fully saturated rings. The van der Waals surface area contributed by atoms with Crippen LogP contribution in [0.15, 0.2) is 0 Å². The van der Waals surface area contributed by atoms with Gasteiger partial charge in [-0.3, -0.25) is 4.79 Å². The lowest BCUT2D eigenvalue weighted by Gasteiger charge is -2.02. The molecular weight excluding hydrogens is 170 g/mol. The Labute approximate surface area is 79.5 Å². The second-order valence-electron chi connectivity index (χ2n) is 2.80. The van der Waals surface area contributed by atoms with Gasteiger partial charge in [-0.1, -0.05) is 13.3 Å². The Morgan fingerprint density at radius 2 is 2.17 bits per heavy atom. The summed E-state index contributed by atoms with van der Waals surface area (Å²) in [6.07, 6.45) is 5.96. The van der Waals surface area contributed by atoms with Gasteiger partial charge in [0.2, 0.25) is 5.91 Å². The molecule has 12 heavy (non-hydrogen) atoms. The molecule has 0 atom stereocenters. The number of hydrogen-bond acceptors (Lipinski definition) is 2. The maximum absolute atomic E-state index is 11.0. The predicted molar refractivity (Wildman–Crippen MR) is 55.5 cm³/mol. The molecule has 0 rings (SSSR count). The average molecular weight is 189 g/mol. The van der Waals surface area contributed by atoms with E-state index < -0.39 is 0 Å². The molecule has 2 nitrogen and oxygen atoms in total. The maximum atomic E-state index is 11.0. The van der Waals surface area contributed by atoms with E-state index in [-0.39, 0.29) is 5.91 Å². The maximum Gasteiger partial charge on any atom is 0.219 e. The minimum Gasteiger partial charge on any atom is -0.356 e. The van der Waals surface area contributed by atoms with Gasteiger partial charge in [0.1, 0.15) is 0 Å². The second-order valence-corrected chi connectivity index (χ2v) is 3.79. The number of thioether (sulfide) groups is 1. The molecule has 0 aliphatic rings. The van der Waals surface area contributed by atoms with Crippen LogP contribution in [0.3, 0.4) is 0 Å². The highest BCUT2D eigenvalue weighted by Crippen LogP contribution is 1.95. The average Bonchev–Trinajstić information content (AvgIpc) is 2.09. The van der Waals surface area contributed by atoms with E-state index >= 15 is 0 Å². The highest BCUT2D eigenvalue weighted by atomic mass is 32.2. The molecular formula is C9H19NOS. The normalized spacial score (nSPS) is 9.83. The Morgan fingerprint density at radius 1 is 1.42 bits per heavy atom. The molecule has 0 unspecified atom stereocenters. The van der Waals surface area contributed by atoms with Gasteiger partial charge in [-0.15, -0.1) is 0 Å². The van der Waals surface area contributed by atoms with Crippen LogP contribution >= 0.6 is 11.8 Å². The van der Waals surface area contributed by atoms with Crippen molar-refractivity contribution in [3.05, 3.63) is 0 Å². The van der Waals surface area contributed by atoms with Crippen molar-refractivity contribution in [1.82, 2.24) is 5.32 Å². The Kier molecular flexibility index (Phi) is 8.78. The van der Waals surface area contributed by atoms with Gasteiger partial charge in [0.15, 0.2) is 0 Å². The SMILES string of the molecule is CCCCC(=O)NCCCSC. The van der Waals surface area contributed by atoms with Gasteiger partial charge >= 0.3 is 0 Å². The van der Waals surface area contributed by atoms with Gasteiger partial charge in [0.25, 0.3) is 0 Å². The van der Waals surface area contributed by atoms with Gasteiger partial charge in [0, 0.05) is 13.0 Å². The molecule has 0 radical (unpaired) electrons. The van der Waals surface area contributed by atoms with Crippen molar-refractivity contribution in [2.75, 3.05) is 18.6 Å². The first-order valence-corrected chi connectivity index (χ1v) is 5.96. The summed E-state index contributed by atoms with van der Waals surface area (Å²) >= 11 is 1.82. The lowest BCUT2D eigenvalue weighted by Crippen LogP contribution is -2.24. The van der Waals surface area contributed by atoms with Gasteiger partial charge in [0.05, 0.1) is 0 Å². The third-order valence-corrected chi connectivity index (χ3v) is 2.30. The van der Waals surface area contributed by atoms with Crippen molar-refractivity contribution in [2.24, 2.45) is 0 Å². The van der Waals surface area contributed by atoms with Gasteiger partial charge in [-0.05, 0) is 24.9 Å². The van der Waals surface area contributed by atoms with Crippen molar-refractivity contribution >= 4 is 17.7 Å². The molecule has 0 saturated heterocycles. The fourth-order valence-corrected chi connectivity index (χ4v) is 1.30. The molecule has 0 aromatic heterocycles. The van der Waals surface area contributed by atoms with Crippen LogP contribution in [0.1, 0.15) is 32.6 Å². The molecule has 0 saturated carbocycles. The first kappa shape index (κ1) is 11.8. The van der Waals surface area contributed by atoms with Crippen molar-refractivity contribution < 1.29 is 4.79 Å². The summed E-state index contributed by atoms with van der Waals surface area (Å²) in [5.41, 5.74) is 0. The van der Waals surface area contributed by atoms with Crippen LogP contribution in [0.4, 0.5) is 0 Å². The zero-order chi connectivity index (χ0) is 9.23. The number of unbranched alkanes of at least 4 members (excludes halogenated alkanes) is 1. The number of amides is 1. The lowest BCUT2D eigenvalue weighted by molar-refractivity contribution is -0.121. The monoisotopic (exact) mass is 189 g/mol. The molecule has 1 amide bonds. The zero-order valence-electron chi connectivity index (χ0n) is 8.06. The van der Waals surface area contributed by atoms with Crippen LogP contribution in [0, 0.1) is 0 Å². The molecule has 0 spiro atoms. The number of hydrogen-bond donors (Lipinski definition) is 1. The second kappa shape index (κ2) is 8.91. The highest BCUT2D eigenvalue weighted by Gasteiger charge is 1.97. The minimum absolute atomic E-state index is 0.206. The van der Waals surface area contributed by atoms with Crippen molar-refractivity contribution in [3.8, 4) is 0 Å². The van der Waals surface area contributed by atoms with Crippen LogP contribution in [0.25, 0.3) is 0 Å². The van der Waals surface area contributed by atoms with E-state index in [0.717, 1.165) is 31.6 Å². The van der Waals surface area contributed by atoms with Crippen LogP contribution in [-0.2, 0) is 4.79 Å². The first-order valence-electron chi connectivity index (χ1n) is 4.57. The van der Waals surface area contributed by atoms with E-state index in [9.17, 15) is 4.79 Å². The summed E-state index contributed by atoms with van der Waals surface area (Å²) in [5, 5.41) is 2.90. The van der Waals surface area contributed by atoms with E-state index in [0.29, 0.717) is 6.42 Å². The summed E-state index contributed by atoms with van der Waals surface area (Å²) in [7, 11) is 0. The van der Waals surface area contributed by atoms with Crippen LogP contribution in [0.2, 0.25) is 0 Å². The van der Waals surface area contributed by atoms with Crippen LogP contribution in [-0.4, -0.2) is 24.5 Å². The van der Waals surface area contributed by atoms with E-state index in [1.165, 1.54) is 0 Å². The first-order chi connectivity index (χ1) is 5.81. The van der Waals surface area contributed by atoms with Gasteiger partial charge in [-0.2, -0.15) is 11.8 Å². The van der Waals surface area contributed by atoms with E-state index in [1.807, 2.05) is 11.8 Å². The van der Waals surface area contributed by atoms with Crippen molar-refractivity contribution in [1.29, 1.82) is 0 Å². The number of nitrogens with one attached hydrogen (secondary N) is 1. The number of carbonyl (C=O) groups excluding carboxylic acids is 1. The Morgan fingerprint density at radius 3 is 2.75 bits per heavy atom. The Bertz CT molecular complexity index is 117. The molecule has 72 valence electrons. The van der Waals surface area contributed by atoms with Crippen LogP contribution < -0.4 is 5.32 Å². The fraction of sp³-hybridized carbons (Fsp3) is 0.889.